The van der Waals surface area contributed by atoms with Gasteiger partial charge < -0.3 is 5.11 Å². The predicted molar refractivity (Wildman–Crippen MR) is 66.6 cm³/mol. The second-order valence-corrected chi connectivity index (χ2v) is 5.59. The summed E-state index contributed by atoms with van der Waals surface area (Å²) >= 11 is 2.89. The standard InChI is InChI=1S/C11H10BrF3O2S/c1-6(17)10(12)9-3-2-8(4-7(9)5-16)18-11(13,14)15/h2-4,10,16H,5H2,1H3. The average Bonchev–Trinajstić information content (AvgIpc) is 2.25. The maximum absolute atomic E-state index is 12.2. The molecule has 0 heterocycles. The maximum Gasteiger partial charge on any atom is 0.446 e. The normalized spacial score (nSPS) is 13.4. The van der Waals surface area contributed by atoms with Crippen molar-refractivity contribution in [2.75, 3.05) is 0 Å². The van der Waals surface area contributed by atoms with Crippen LogP contribution in [0, 0.1) is 0 Å². The molecule has 0 spiro atoms. The second kappa shape index (κ2) is 6.08. The van der Waals surface area contributed by atoms with Crippen molar-refractivity contribution >= 4 is 33.5 Å². The lowest BCUT2D eigenvalue weighted by molar-refractivity contribution is -0.116. The molecular weight excluding hydrogens is 333 g/mol. The summed E-state index contributed by atoms with van der Waals surface area (Å²) in [6.07, 6.45) is 0. The largest absolute Gasteiger partial charge is 0.446 e. The zero-order valence-electron chi connectivity index (χ0n) is 9.29. The van der Waals surface area contributed by atoms with Gasteiger partial charge in [0.15, 0.2) is 0 Å². The van der Waals surface area contributed by atoms with Crippen molar-refractivity contribution < 1.29 is 23.1 Å². The number of benzene rings is 1. The van der Waals surface area contributed by atoms with Crippen molar-refractivity contribution in [1.82, 2.24) is 0 Å². The lowest BCUT2D eigenvalue weighted by atomic mass is 10.0. The molecule has 0 saturated carbocycles. The van der Waals surface area contributed by atoms with Gasteiger partial charge in [0, 0.05) is 4.90 Å². The van der Waals surface area contributed by atoms with E-state index in [4.69, 9.17) is 5.11 Å². The Labute approximate surface area is 115 Å². The predicted octanol–water partition coefficient (Wildman–Crippen LogP) is 3.82. The number of halogens is 4. The highest BCUT2D eigenvalue weighted by Gasteiger charge is 2.29. The van der Waals surface area contributed by atoms with Gasteiger partial charge in [-0.05, 0) is 41.9 Å². The Kier molecular flexibility index (Phi) is 5.24. The molecule has 0 aliphatic heterocycles. The van der Waals surface area contributed by atoms with Gasteiger partial charge in [-0.3, -0.25) is 4.79 Å². The topological polar surface area (TPSA) is 37.3 Å². The van der Waals surface area contributed by atoms with Gasteiger partial charge >= 0.3 is 5.51 Å². The molecule has 0 amide bonds. The molecule has 7 heteroatoms. The van der Waals surface area contributed by atoms with E-state index in [9.17, 15) is 18.0 Å². The highest BCUT2D eigenvalue weighted by molar-refractivity contribution is 9.09. The molecule has 1 N–H and O–H groups in total. The lowest BCUT2D eigenvalue weighted by Crippen LogP contribution is -2.06. The van der Waals surface area contributed by atoms with E-state index in [-0.39, 0.29) is 22.4 Å². The van der Waals surface area contributed by atoms with E-state index in [1.807, 2.05) is 0 Å². The lowest BCUT2D eigenvalue weighted by Gasteiger charge is -2.13. The first-order chi connectivity index (χ1) is 8.24. The Balaban J connectivity index is 3.07. The van der Waals surface area contributed by atoms with Crippen LogP contribution in [0.5, 0.6) is 0 Å². The third-order valence-electron chi connectivity index (χ3n) is 2.15. The van der Waals surface area contributed by atoms with Crippen LogP contribution >= 0.6 is 27.7 Å². The van der Waals surface area contributed by atoms with E-state index < -0.39 is 16.9 Å². The summed E-state index contributed by atoms with van der Waals surface area (Å²) in [6, 6.07) is 3.94. The van der Waals surface area contributed by atoms with E-state index in [2.05, 4.69) is 15.9 Å². The Bertz CT molecular complexity index is 448. The maximum atomic E-state index is 12.2. The number of hydrogen-bond donors (Lipinski definition) is 1. The summed E-state index contributed by atoms with van der Waals surface area (Å²) in [6.45, 7) is 0.940. The van der Waals surface area contributed by atoms with Gasteiger partial charge in [0.05, 0.1) is 11.4 Å². The molecule has 0 bridgehead atoms. The average molecular weight is 343 g/mol. The summed E-state index contributed by atoms with van der Waals surface area (Å²) < 4.78 is 36.6. The van der Waals surface area contributed by atoms with Crippen LogP contribution < -0.4 is 0 Å². The molecule has 0 aliphatic carbocycles. The van der Waals surface area contributed by atoms with Crippen molar-refractivity contribution in [1.29, 1.82) is 0 Å². The molecule has 1 aromatic carbocycles. The first-order valence-electron chi connectivity index (χ1n) is 4.88. The molecule has 0 saturated heterocycles. The second-order valence-electron chi connectivity index (χ2n) is 3.54. The van der Waals surface area contributed by atoms with Crippen LogP contribution in [0.15, 0.2) is 23.1 Å². The summed E-state index contributed by atoms with van der Waals surface area (Å²) in [5.74, 6) is -0.180. The number of Topliss-reactive ketones (excluding diaryl/α,β-unsaturated/α-hetero) is 1. The Hall–Kier alpha value is -0.530. The first-order valence-corrected chi connectivity index (χ1v) is 6.61. The van der Waals surface area contributed by atoms with Crippen LogP contribution in [0.1, 0.15) is 22.9 Å². The smallest absolute Gasteiger partial charge is 0.392 e. The molecule has 100 valence electrons. The minimum absolute atomic E-state index is 0.0152. The van der Waals surface area contributed by atoms with Gasteiger partial charge in [-0.2, -0.15) is 13.2 Å². The van der Waals surface area contributed by atoms with Gasteiger partial charge in [0.2, 0.25) is 0 Å². The number of carbonyl (C=O) groups excluding carboxylic acids is 1. The van der Waals surface area contributed by atoms with Crippen molar-refractivity contribution in [2.45, 2.75) is 28.8 Å². The van der Waals surface area contributed by atoms with Crippen LogP contribution in [0.2, 0.25) is 0 Å². The third kappa shape index (κ3) is 4.29. The highest BCUT2D eigenvalue weighted by atomic mass is 79.9. The Morgan fingerprint density at radius 1 is 1.50 bits per heavy atom. The SMILES string of the molecule is CC(=O)C(Br)c1ccc(SC(F)(F)F)cc1CO. The fourth-order valence-electron chi connectivity index (χ4n) is 1.38. The van der Waals surface area contributed by atoms with E-state index in [1.165, 1.54) is 25.1 Å². The Morgan fingerprint density at radius 3 is 2.56 bits per heavy atom. The molecule has 18 heavy (non-hydrogen) atoms. The molecule has 0 aromatic heterocycles. The van der Waals surface area contributed by atoms with Crippen LogP contribution in [0.25, 0.3) is 0 Å². The number of thioether (sulfide) groups is 1. The van der Waals surface area contributed by atoms with Gasteiger partial charge in [-0.1, -0.05) is 22.0 Å². The third-order valence-corrected chi connectivity index (χ3v) is 4.01. The van der Waals surface area contributed by atoms with Crippen LogP contribution in [-0.4, -0.2) is 16.4 Å². The van der Waals surface area contributed by atoms with E-state index in [1.54, 1.807) is 0 Å². The van der Waals surface area contributed by atoms with Gasteiger partial charge in [-0.15, -0.1) is 0 Å². The Morgan fingerprint density at radius 2 is 2.11 bits per heavy atom. The van der Waals surface area contributed by atoms with Gasteiger partial charge in [-0.25, -0.2) is 0 Å². The first kappa shape index (κ1) is 15.5. The van der Waals surface area contributed by atoms with Crippen LogP contribution in [0.3, 0.4) is 0 Å². The quantitative estimate of drug-likeness (QED) is 0.667. The zero-order chi connectivity index (χ0) is 13.9. The van der Waals surface area contributed by atoms with E-state index in [0.717, 1.165) is 0 Å². The van der Waals surface area contributed by atoms with Gasteiger partial charge in [0.1, 0.15) is 5.78 Å². The van der Waals surface area contributed by atoms with Crippen molar-refractivity contribution in [3.8, 4) is 0 Å². The number of carbonyl (C=O) groups is 1. The number of hydrogen-bond acceptors (Lipinski definition) is 3. The molecule has 0 radical (unpaired) electrons. The minimum Gasteiger partial charge on any atom is -0.392 e. The summed E-state index contributed by atoms with van der Waals surface area (Å²) in [5, 5.41) is 9.15. The van der Waals surface area contributed by atoms with Crippen LogP contribution in [-0.2, 0) is 11.4 Å². The van der Waals surface area contributed by atoms with Crippen molar-refractivity contribution in [2.24, 2.45) is 0 Å². The number of rotatable bonds is 4. The fourth-order valence-corrected chi connectivity index (χ4v) is 2.43. The van der Waals surface area contributed by atoms with Crippen molar-refractivity contribution in [3.63, 3.8) is 0 Å². The highest BCUT2D eigenvalue weighted by Crippen LogP contribution is 2.38. The van der Waals surface area contributed by atoms with Crippen molar-refractivity contribution in [3.05, 3.63) is 29.3 Å². The molecule has 2 nitrogen and oxygen atoms in total. The van der Waals surface area contributed by atoms with E-state index >= 15 is 0 Å². The zero-order valence-corrected chi connectivity index (χ0v) is 11.7. The summed E-state index contributed by atoms with van der Waals surface area (Å²) in [4.78, 5) is 10.6. The molecule has 1 unspecified atom stereocenters. The number of alkyl halides is 4. The van der Waals surface area contributed by atoms with Gasteiger partial charge in [0.25, 0.3) is 0 Å². The fraction of sp³-hybridized carbons (Fsp3) is 0.364. The number of aliphatic hydroxyl groups excluding tert-OH is 1. The molecule has 1 atom stereocenters. The molecule has 1 aromatic rings. The molecule has 0 fully saturated rings. The summed E-state index contributed by atoms with van der Waals surface area (Å²) in [5.41, 5.74) is -3.58. The molecule has 0 aliphatic rings. The molecule has 1 rings (SSSR count). The minimum atomic E-state index is -4.37. The number of ketones is 1. The monoisotopic (exact) mass is 342 g/mol. The molecular formula is C11H10BrF3O2S. The summed E-state index contributed by atoms with van der Waals surface area (Å²) in [7, 11) is 0. The van der Waals surface area contributed by atoms with Crippen LogP contribution in [0.4, 0.5) is 13.2 Å². The number of aliphatic hydroxyl groups is 1. The van der Waals surface area contributed by atoms with E-state index in [0.29, 0.717) is 11.1 Å².